The van der Waals surface area contributed by atoms with Gasteiger partial charge in [-0.25, -0.2) is 4.98 Å². The van der Waals surface area contributed by atoms with Crippen LogP contribution in [0.1, 0.15) is 28.7 Å². The fourth-order valence-electron chi connectivity index (χ4n) is 1.93. The summed E-state index contributed by atoms with van der Waals surface area (Å²) < 4.78 is 0. The van der Waals surface area contributed by atoms with Crippen molar-refractivity contribution < 1.29 is 4.79 Å². The first-order chi connectivity index (χ1) is 7.59. The van der Waals surface area contributed by atoms with Gasteiger partial charge >= 0.3 is 0 Å². The van der Waals surface area contributed by atoms with Crippen LogP contribution in [0.3, 0.4) is 0 Å². The molecule has 0 saturated carbocycles. The Morgan fingerprint density at radius 2 is 2.44 bits per heavy atom. The van der Waals surface area contributed by atoms with Crippen molar-refractivity contribution in [1.29, 1.82) is 0 Å². The average molecular weight is 239 g/mol. The van der Waals surface area contributed by atoms with E-state index in [1.807, 2.05) is 11.8 Å². The van der Waals surface area contributed by atoms with Crippen LogP contribution in [0.25, 0.3) is 0 Å². The summed E-state index contributed by atoms with van der Waals surface area (Å²) >= 11 is 1.41. The van der Waals surface area contributed by atoms with E-state index in [1.54, 1.807) is 5.51 Å². The third-order valence-electron chi connectivity index (χ3n) is 3.24. The van der Waals surface area contributed by atoms with E-state index in [0.29, 0.717) is 12.5 Å². The molecule has 1 aromatic heterocycles. The van der Waals surface area contributed by atoms with Gasteiger partial charge in [0, 0.05) is 19.1 Å². The van der Waals surface area contributed by atoms with Crippen molar-refractivity contribution in [2.45, 2.75) is 26.3 Å². The van der Waals surface area contributed by atoms with Crippen molar-refractivity contribution in [3.8, 4) is 0 Å². The summed E-state index contributed by atoms with van der Waals surface area (Å²) in [5.74, 6) is 0.592. The van der Waals surface area contributed by atoms with Crippen LogP contribution in [0, 0.1) is 12.8 Å². The van der Waals surface area contributed by atoms with Crippen molar-refractivity contribution in [2.75, 3.05) is 13.1 Å². The topological polar surface area (TPSA) is 59.2 Å². The molecule has 1 fully saturated rings. The molecule has 1 aliphatic rings. The molecule has 0 radical (unpaired) electrons. The van der Waals surface area contributed by atoms with E-state index in [9.17, 15) is 4.79 Å². The molecule has 1 aromatic rings. The number of rotatable bonds is 1. The number of amides is 1. The lowest BCUT2D eigenvalue weighted by molar-refractivity contribution is 0.0676. The Morgan fingerprint density at radius 3 is 3.00 bits per heavy atom. The molecule has 2 heterocycles. The Kier molecular flexibility index (Phi) is 3.25. The van der Waals surface area contributed by atoms with E-state index in [0.717, 1.165) is 23.5 Å². The molecule has 1 amide bonds. The Hall–Kier alpha value is -0.940. The lowest BCUT2D eigenvalue weighted by atomic mass is 9.94. The number of thiazole rings is 1. The SMILES string of the molecule is Cc1ncsc1C(=O)N1CCC(C)C(N)C1. The highest BCUT2D eigenvalue weighted by Crippen LogP contribution is 2.20. The number of aromatic nitrogens is 1. The minimum absolute atomic E-state index is 0.0855. The molecule has 0 aliphatic carbocycles. The Morgan fingerprint density at radius 1 is 1.69 bits per heavy atom. The number of carbonyl (C=O) groups is 1. The van der Waals surface area contributed by atoms with Gasteiger partial charge in [-0.3, -0.25) is 4.79 Å². The molecule has 88 valence electrons. The van der Waals surface area contributed by atoms with E-state index in [2.05, 4.69) is 11.9 Å². The first-order valence-corrected chi connectivity index (χ1v) is 6.42. The molecule has 0 aromatic carbocycles. The summed E-state index contributed by atoms with van der Waals surface area (Å²) in [6.07, 6.45) is 0.991. The van der Waals surface area contributed by atoms with Gasteiger partial charge in [-0.15, -0.1) is 11.3 Å². The van der Waals surface area contributed by atoms with Crippen LogP contribution in [0.5, 0.6) is 0 Å². The zero-order valence-corrected chi connectivity index (χ0v) is 10.5. The van der Waals surface area contributed by atoms with Gasteiger partial charge in [0.1, 0.15) is 4.88 Å². The highest BCUT2D eigenvalue weighted by molar-refractivity contribution is 7.11. The fourth-order valence-corrected chi connectivity index (χ4v) is 2.70. The number of likely N-dealkylation sites (tertiary alicyclic amines) is 1. The maximum atomic E-state index is 12.2. The van der Waals surface area contributed by atoms with Crippen molar-refractivity contribution in [3.63, 3.8) is 0 Å². The van der Waals surface area contributed by atoms with Crippen LogP contribution in [0.4, 0.5) is 0 Å². The summed E-state index contributed by atoms with van der Waals surface area (Å²) in [6, 6.07) is 0.103. The minimum Gasteiger partial charge on any atom is -0.336 e. The standard InChI is InChI=1S/C11H17N3OS/c1-7-3-4-14(5-9(7)12)11(15)10-8(2)13-6-16-10/h6-7,9H,3-5,12H2,1-2H3. The Balaban J connectivity index is 2.09. The second kappa shape index (κ2) is 4.51. The molecule has 5 heteroatoms. The molecule has 16 heavy (non-hydrogen) atoms. The number of hydrogen-bond acceptors (Lipinski definition) is 4. The second-order valence-corrected chi connectivity index (χ2v) is 5.30. The third-order valence-corrected chi connectivity index (χ3v) is 4.16. The second-order valence-electron chi connectivity index (χ2n) is 4.45. The van der Waals surface area contributed by atoms with Gasteiger partial charge in [-0.05, 0) is 19.3 Å². The lowest BCUT2D eigenvalue weighted by Gasteiger charge is -2.34. The molecule has 2 N–H and O–H groups in total. The van der Waals surface area contributed by atoms with E-state index >= 15 is 0 Å². The number of nitrogens with zero attached hydrogens (tertiary/aromatic N) is 2. The van der Waals surface area contributed by atoms with Gasteiger partial charge < -0.3 is 10.6 Å². The van der Waals surface area contributed by atoms with Crippen LogP contribution in [-0.2, 0) is 0 Å². The van der Waals surface area contributed by atoms with Crippen LogP contribution in [-0.4, -0.2) is 34.9 Å². The van der Waals surface area contributed by atoms with E-state index in [-0.39, 0.29) is 11.9 Å². The number of carbonyl (C=O) groups excluding carboxylic acids is 1. The maximum Gasteiger partial charge on any atom is 0.265 e. The molecule has 0 bridgehead atoms. The molecule has 0 spiro atoms. The normalized spacial score (nSPS) is 25.8. The molecular weight excluding hydrogens is 222 g/mol. The molecule has 1 saturated heterocycles. The van der Waals surface area contributed by atoms with Crippen LogP contribution in [0.2, 0.25) is 0 Å². The maximum absolute atomic E-state index is 12.2. The Bertz CT molecular complexity index is 390. The summed E-state index contributed by atoms with van der Waals surface area (Å²) in [4.78, 5) is 18.9. The number of piperidine rings is 1. The summed E-state index contributed by atoms with van der Waals surface area (Å²) in [5, 5.41) is 0. The number of nitrogens with two attached hydrogens (primary N) is 1. The lowest BCUT2D eigenvalue weighted by Crippen LogP contribution is -2.49. The number of hydrogen-bond donors (Lipinski definition) is 1. The predicted octanol–water partition coefficient (Wildman–Crippen LogP) is 1.26. The fraction of sp³-hybridized carbons (Fsp3) is 0.636. The monoisotopic (exact) mass is 239 g/mol. The van der Waals surface area contributed by atoms with Gasteiger partial charge in [0.15, 0.2) is 0 Å². The summed E-state index contributed by atoms with van der Waals surface area (Å²) in [5.41, 5.74) is 8.53. The van der Waals surface area contributed by atoms with Gasteiger partial charge in [0.25, 0.3) is 5.91 Å². The zero-order chi connectivity index (χ0) is 11.7. The van der Waals surface area contributed by atoms with Crippen molar-refractivity contribution >= 4 is 17.2 Å². The van der Waals surface area contributed by atoms with Gasteiger partial charge in [0.05, 0.1) is 11.2 Å². The largest absolute Gasteiger partial charge is 0.336 e. The molecular formula is C11H17N3OS. The van der Waals surface area contributed by atoms with Gasteiger partial charge in [0.2, 0.25) is 0 Å². The highest BCUT2D eigenvalue weighted by atomic mass is 32.1. The highest BCUT2D eigenvalue weighted by Gasteiger charge is 2.28. The third kappa shape index (κ3) is 2.10. The van der Waals surface area contributed by atoms with Crippen LogP contribution in [0.15, 0.2) is 5.51 Å². The van der Waals surface area contributed by atoms with Gasteiger partial charge in [-0.1, -0.05) is 6.92 Å². The van der Waals surface area contributed by atoms with E-state index < -0.39 is 0 Å². The molecule has 1 aliphatic heterocycles. The quantitative estimate of drug-likeness (QED) is 0.802. The molecule has 2 atom stereocenters. The van der Waals surface area contributed by atoms with E-state index in [1.165, 1.54) is 11.3 Å². The van der Waals surface area contributed by atoms with Gasteiger partial charge in [-0.2, -0.15) is 0 Å². The molecule has 4 nitrogen and oxygen atoms in total. The van der Waals surface area contributed by atoms with Crippen molar-refractivity contribution in [3.05, 3.63) is 16.1 Å². The first kappa shape index (κ1) is 11.5. The van der Waals surface area contributed by atoms with Crippen LogP contribution < -0.4 is 5.73 Å². The predicted molar refractivity (Wildman–Crippen MR) is 64.5 cm³/mol. The van der Waals surface area contributed by atoms with Crippen molar-refractivity contribution in [2.24, 2.45) is 11.7 Å². The zero-order valence-electron chi connectivity index (χ0n) is 9.64. The summed E-state index contributed by atoms with van der Waals surface area (Å²) in [7, 11) is 0. The van der Waals surface area contributed by atoms with E-state index in [4.69, 9.17) is 5.73 Å². The van der Waals surface area contributed by atoms with Crippen LogP contribution >= 0.6 is 11.3 Å². The smallest absolute Gasteiger partial charge is 0.265 e. The number of aryl methyl sites for hydroxylation is 1. The average Bonchev–Trinajstić information content (AvgIpc) is 2.67. The van der Waals surface area contributed by atoms with Crippen molar-refractivity contribution in [1.82, 2.24) is 9.88 Å². The Labute approximate surface area is 99.5 Å². The minimum atomic E-state index is 0.0855. The first-order valence-electron chi connectivity index (χ1n) is 5.54. The molecule has 2 unspecified atom stereocenters. The molecule has 2 rings (SSSR count). The summed E-state index contributed by atoms with van der Waals surface area (Å²) in [6.45, 7) is 5.49.